The number of thiazole rings is 1. The van der Waals surface area contributed by atoms with Crippen LogP contribution in [0.3, 0.4) is 0 Å². The molecule has 174 valence electrons. The lowest BCUT2D eigenvalue weighted by Crippen LogP contribution is -2.20. The van der Waals surface area contributed by atoms with E-state index >= 15 is 4.39 Å². The van der Waals surface area contributed by atoms with Crippen LogP contribution in [0.1, 0.15) is 10.6 Å². The van der Waals surface area contributed by atoms with Crippen molar-refractivity contribution in [3.63, 3.8) is 0 Å². The Kier molecular flexibility index (Phi) is 6.20. The number of nitrogens with two attached hydrogens (primary N) is 1. The fourth-order valence-electron chi connectivity index (χ4n) is 3.23. The number of hydrogen-bond donors (Lipinski definition) is 3. The van der Waals surface area contributed by atoms with Crippen LogP contribution in [0.4, 0.5) is 39.5 Å². The van der Waals surface area contributed by atoms with Crippen molar-refractivity contribution in [3.05, 3.63) is 77.2 Å². The quantitative estimate of drug-likeness (QED) is 0.284. The van der Waals surface area contributed by atoms with Gasteiger partial charge in [-0.15, -0.1) is 11.3 Å². The predicted molar refractivity (Wildman–Crippen MR) is 124 cm³/mol. The van der Waals surface area contributed by atoms with Crippen molar-refractivity contribution in [1.29, 1.82) is 0 Å². The summed E-state index contributed by atoms with van der Waals surface area (Å²) in [7, 11) is 0. The lowest BCUT2D eigenvalue weighted by Gasteiger charge is -2.12. The molecule has 0 aliphatic rings. The van der Waals surface area contributed by atoms with Crippen LogP contribution < -0.4 is 16.4 Å². The minimum Gasteiger partial charge on any atom is -0.384 e. The third-order valence-corrected chi connectivity index (χ3v) is 5.75. The van der Waals surface area contributed by atoms with Crippen LogP contribution in [0.5, 0.6) is 0 Å². The number of hydrogen-bond acceptors (Lipinski definition) is 5. The zero-order chi connectivity index (χ0) is 24.5. The van der Waals surface area contributed by atoms with Gasteiger partial charge in [0, 0.05) is 23.0 Å². The van der Waals surface area contributed by atoms with E-state index in [0.717, 1.165) is 24.3 Å². The second-order valence-corrected chi connectivity index (χ2v) is 8.40. The van der Waals surface area contributed by atoms with Crippen LogP contribution in [0.15, 0.2) is 60.8 Å². The van der Waals surface area contributed by atoms with Crippen LogP contribution in [0.2, 0.25) is 0 Å². The zero-order valence-electron chi connectivity index (χ0n) is 17.6. The first kappa shape index (κ1) is 23.2. The van der Waals surface area contributed by atoms with E-state index in [1.807, 2.05) is 0 Å². The maximum absolute atomic E-state index is 15.4. The maximum Gasteiger partial charge on any atom is 0.416 e. The molecule has 0 radical (unpaired) electrons. The SMILES string of the molecule is Cc1nc(-c2ccnc(N)c2)c(-c2cccc(NC(=O)Nc3ccc(C(F)(F)F)cc3)c2F)s1. The van der Waals surface area contributed by atoms with Gasteiger partial charge in [-0.1, -0.05) is 12.1 Å². The highest BCUT2D eigenvalue weighted by Gasteiger charge is 2.30. The first-order valence-electron chi connectivity index (χ1n) is 9.85. The van der Waals surface area contributed by atoms with Gasteiger partial charge in [0.25, 0.3) is 0 Å². The summed E-state index contributed by atoms with van der Waals surface area (Å²) in [5.41, 5.74) is 6.37. The first-order chi connectivity index (χ1) is 16.1. The average Bonchev–Trinajstić information content (AvgIpc) is 3.16. The van der Waals surface area contributed by atoms with Crippen molar-refractivity contribution in [2.24, 2.45) is 0 Å². The first-order valence-corrected chi connectivity index (χ1v) is 10.7. The fourth-order valence-corrected chi connectivity index (χ4v) is 4.19. The second kappa shape index (κ2) is 9.10. The average molecular weight is 487 g/mol. The maximum atomic E-state index is 15.4. The van der Waals surface area contributed by atoms with Gasteiger partial charge in [-0.25, -0.2) is 19.2 Å². The molecular weight excluding hydrogens is 470 g/mol. The highest BCUT2D eigenvalue weighted by atomic mass is 32.1. The minimum atomic E-state index is -4.49. The van der Waals surface area contributed by atoms with Crippen LogP contribution in [0, 0.1) is 12.7 Å². The number of carbonyl (C=O) groups excluding carboxylic acids is 1. The monoisotopic (exact) mass is 487 g/mol. The number of benzene rings is 2. The molecule has 0 aliphatic heterocycles. The largest absolute Gasteiger partial charge is 0.416 e. The highest BCUT2D eigenvalue weighted by Crippen LogP contribution is 2.39. The van der Waals surface area contributed by atoms with Gasteiger partial charge >= 0.3 is 12.2 Å². The minimum absolute atomic E-state index is 0.104. The number of alkyl halides is 3. The molecule has 0 atom stereocenters. The van der Waals surface area contributed by atoms with Crippen molar-refractivity contribution in [1.82, 2.24) is 9.97 Å². The van der Waals surface area contributed by atoms with Gasteiger partial charge in [-0.05, 0) is 49.4 Å². The molecule has 34 heavy (non-hydrogen) atoms. The smallest absolute Gasteiger partial charge is 0.384 e. The molecule has 0 saturated carbocycles. The number of aryl methyl sites for hydroxylation is 1. The van der Waals surface area contributed by atoms with E-state index in [1.54, 1.807) is 31.2 Å². The Labute approximate surface area is 195 Å². The molecule has 0 spiro atoms. The van der Waals surface area contributed by atoms with E-state index < -0.39 is 23.6 Å². The van der Waals surface area contributed by atoms with Gasteiger partial charge in [0.2, 0.25) is 0 Å². The Morgan fingerprint density at radius 3 is 2.47 bits per heavy atom. The van der Waals surface area contributed by atoms with Crippen LogP contribution in [-0.2, 0) is 6.18 Å². The number of anilines is 3. The van der Waals surface area contributed by atoms with Crippen molar-refractivity contribution < 1.29 is 22.4 Å². The lowest BCUT2D eigenvalue weighted by molar-refractivity contribution is -0.137. The number of pyridine rings is 1. The number of nitrogens with one attached hydrogen (secondary N) is 2. The molecule has 4 aromatic rings. The summed E-state index contributed by atoms with van der Waals surface area (Å²) in [4.78, 5) is 21.4. The topological polar surface area (TPSA) is 92.9 Å². The van der Waals surface area contributed by atoms with Crippen molar-refractivity contribution >= 4 is 34.6 Å². The number of amides is 2. The van der Waals surface area contributed by atoms with Gasteiger partial charge in [0.1, 0.15) is 5.82 Å². The highest BCUT2D eigenvalue weighted by molar-refractivity contribution is 7.15. The number of halogens is 4. The molecule has 2 amide bonds. The molecule has 0 fully saturated rings. The van der Waals surface area contributed by atoms with Crippen LogP contribution >= 0.6 is 11.3 Å². The third-order valence-electron chi connectivity index (χ3n) is 4.75. The van der Waals surface area contributed by atoms with Gasteiger partial charge < -0.3 is 16.4 Å². The standard InChI is InChI=1S/C23H17F4N5OS/c1-12-30-20(13-9-10-29-18(28)11-13)21(34-12)16-3-2-4-17(19(16)24)32-22(33)31-15-7-5-14(6-8-15)23(25,26)27/h2-11H,1H3,(H2,28,29)(H2,31,32,33). The van der Waals surface area contributed by atoms with E-state index in [9.17, 15) is 18.0 Å². The number of aromatic nitrogens is 2. The molecule has 4 rings (SSSR count). The normalized spacial score (nSPS) is 11.3. The molecule has 2 aromatic heterocycles. The molecule has 0 aliphatic carbocycles. The molecule has 2 aromatic carbocycles. The zero-order valence-corrected chi connectivity index (χ0v) is 18.4. The fraction of sp³-hybridized carbons (Fsp3) is 0.0870. The van der Waals surface area contributed by atoms with E-state index in [0.29, 0.717) is 27.0 Å². The van der Waals surface area contributed by atoms with Crippen LogP contribution in [0.25, 0.3) is 21.7 Å². The molecule has 0 bridgehead atoms. The van der Waals surface area contributed by atoms with Crippen LogP contribution in [-0.4, -0.2) is 16.0 Å². The Bertz CT molecular complexity index is 1350. The Morgan fingerprint density at radius 1 is 1.06 bits per heavy atom. The van der Waals surface area contributed by atoms with Gasteiger partial charge in [-0.2, -0.15) is 13.2 Å². The van der Waals surface area contributed by atoms with Gasteiger partial charge in [0.15, 0.2) is 5.82 Å². The lowest BCUT2D eigenvalue weighted by atomic mass is 10.1. The molecule has 6 nitrogen and oxygen atoms in total. The number of nitrogen functional groups attached to an aromatic ring is 1. The van der Waals surface area contributed by atoms with E-state index in [2.05, 4.69) is 20.6 Å². The Hall–Kier alpha value is -3.99. The van der Waals surface area contributed by atoms with E-state index in [-0.39, 0.29) is 16.9 Å². The number of nitrogens with zero attached hydrogens (tertiary/aromatic N) is 2. The van der Waals surface area contributed by atoms with Gasteiger partial charge in [0.05, 0.1) is 26.8 Å². The molecule has 11 heteroatoms. The summed E-state index contributed by atoms with van der Waals surface area (Å²) in [5.74, 6) is -0.387. The van der Waals surface area contributed by atoms with E-state index in [1.165, 1.54) is 23.6 Å². The summed E-state index contributed by atoms with van der Waals surface area (Å²) < 4.78 is 53.5. The third kappa shape index (κ3) is 4.99. The summed E-state index contributed by atoms with van der Waals surface area (Å²) in [6, 6.07) is 11.0. The summed E-state index contributed by atoms with van der Waals surface area (Å²) >= 11 is 1.28. The molecule has 0 saturated heterocycles. The summed E-state index contributed by atoms with van der Waals surface area (Å²) in [5, 5.41) is 5.49. The Morgan fingerprint density at radius 2 is 1.79 bits per heavy atom. The van der Waals surface area contributed by atoms with Gasteiger partial charge in [-0.3, -0.25) is 0 Å². The van der Waals surface area contributed by atoms with Crippen molar-refractivity contribution in [2.45, 2.75) is 13.1 Å². The summed E-state index contributed by atoms with van der Waals surface area (Å²) in [6.45, 7) is 1.79. The number of carbonyl (C=O) groups is 1. The second-order valence-electron chi connectivity index (χ2n) is 7.20. The van der Waals surface area contributed by atoms with Crippen molar-refractivity contribution in [3.8, 4) is 21.7 Å². The number of urea groups is 1. The molecule has 4 N–H and O–H groups in total. The van der Waals surface area contributed by atoms with E-state index in [4.69, 9.17) is 5.73 Å². The molecular formula is C23H17F4N5OS. The molecule has 0 unspecified atom stereocenters. The predicted octanol–water partition coefficient (Wildman–Crippen LogP) is 6.56. The number of rotatable bonds is 4. The molecule has 2 heterocycles. The van der Waals surface area contributed by atoms with Crippen molar-refractivity contribution in [2.75, 3.05) is 16.4 Å². The summed E-state index contributed by atoms with van der Waals surface area (Å²) in [6.07, 6.45) is -2.96. The Balaban J connectivity index is 1.58.